The summed E-state index contributed by atoms with van der Waals surface area (Å²) in [5, 5.41) is 6.69. The molecule has 2 rings (SSSR count). The molecule has 110 valence electrons. The monoisotopic (exact) mass is 266 g/mol. The van der Waals surface area contributed by atoms with Gasteiger partial charge < -0.3 is 10.6 Å². The van der Waals surface area contributed by atoms with Crippen LogP contribution in [0.2, 0.25) is 0 Å². The normalized spacial score (nSPS) is 31.9. The Bertz CT molecular complexity index is 274. The minimum absolute atomic E-state index is 0.285. The van der Waals surface area contributed by atoms with Gasteiger partial charge in [0.2, 0.25) is 5.91 Å². The van der Waals surface area contributed by atoms with Crippen molar-refractivity contribution >= 4 is 5.91 Å². The minimum Gasteiger partial charge on any atom is -0.353 e. The van der Waals surface area contributed by atoms with Crippen molar-refractivity contribution in [2.75, 3.05) is 13.1 Å². The first-order valence-corrected chi connectivity index (χ1v) is 8.28. The highest BCUT2D eigenvalue weighted by Crippen LogP contribution is 2.26. The third-order valence-corrected chi connectivity index (χ3v) is 4.90. The first kappa shape index (κ1) is 14.8. The molecule has 2 aliphatic rings. The average Bonchev–Trinajstić information content (AvgIpc) is 2.46. The van der Waals surface area contributed by atoms with Crippen LogP contribution in [0.5, 0.6) is 0 Å². The Hall–Kier alpha value is -0.570. The Balaban J connectivity index is 1.63. The summed E-state index contributed by atoms with van der Waals surface area (Å²) in [6.45, 7) is 4.53. The van der Waals surface area contributed by atoms with E-state index in [4.69, 9.17) is 0 Å². The van der Waals surface area contributed by atoms with Crippen LogP contribution in [0.1, 0.15) is 64.7 Å². The zero-order valence-corrected chi connectivity index (χ0v) is 12.4. The van der Waals surface area contributed by atoms with E-state index < -0.39 is 0 Å². The van der Waals surface area contributed by atoms with E-state index in [2.05, 4.69) is 17.6 Å². The summed E-state index contributed by atoms with van der Waals surface area (Å²) in [5.41, 5.74) is 0. The molecule has 2 N–H and O–H groups in total. The lowest BCUT2D eigenvalue weighted by molar-refractivity contribution is -0.122. The lowest BCUT2D eigenvalue weighted by Gasteiger charge is -2.29. The first-order valence-electron chi connectivity index (χ1n) is 8.28. The van der Waals surface area contributed by atoms with Crippen molar-refractivity contribution < 1.29 is 4.79 Å². The van der Waals surface area contributed by atoms with E-state index in [1.807, 2.05) is 0 Å². The number of carbonyl (C=O) groups is 1. The van der Waals surface area contributed by atoms with E-state index in [1.54, 1.807) is 0 Å². The van der Waals surface area contributed by atoms with E-state index in [-0.39, 0.29) is 5.91 Å². The van der Waals surface area contributed by atoms with Crippen LogP contribution in [-0.4, -0.2) is 25.0 Å². The van der Waals surface area contributed by atoms with Gasteiger partial charge in [0.05, 0.1) is 0 Å². The molecule has 1 amide bonds. The van der Waals surface area contributed by atoms with Crippen molar-refractivity contribution in [3.8, 4) is 0 Å². The van der Waals surface area contributed by atoms with Gasteiger partial charge in [0, 0.05) is 12.5 Å². The largest absolute Gasteiger partial charge is 0.353 e. The predicted molar refractivity (Wildman–Crippen MR) is 79.0 cm³/mol. The van der Waals surface area contributed by atoms with Gasteiger partial charge in [-0.3, -0.25) is 4.79 Å². The van der Waals surface area contributed by atoms with Crippen LogP contribution in [0.4, 0.5) is 0 Å². The van der Waals surface area contributed by atoms with Gasteiger partial charge in [-0.1, -0.05) is 26.2 Å². The van der Waals surface area contributed by atoms with Crippen LogP contribution in [0.15, 0.2) is 0 Å². The fraction of sp³-hybridized carbons (Fsp3) is 0.938. The lowest BCUT2D eigenvalue weighted by atomic mass is 9.84. The Morgan fingerprint density at radius 3 is 2.79 bits per heavy atom. The highest BCUT2D eigenvalue weighted by Gasteiger charge is 2.22. The van der Waals surface area contributed by atoms with Gasteiger partial charge in [0.25, 0.3) is 0 Å². The maximum absolute atomic E-state index is 12.0. The van der Waals surface area contributed by atoms with Crippen LogP contribution in [0.3, 0.4) is 0 Å². The molecule has 0 radical (unpaired) electrons. The van der Waals surface area contributed by atoms with Crippen molar-refractivity contribution in [1.29, 1.82) is 0 Å². The van der Waals surface area contributed by atoms with Gasteiger partial charge in [0.15, 0.2) is 0 Å². The van der Waals surface area contributed by atoms with Crippen molar-refractivity contribution in [2.45, 2.75) is 70.8 Å². The fourth-order valence-electron chi connectivity index (χ4n) is 3.60. The number of hydrogen-bond donors (Lipinski definition) is 2. The van der Waals surface area contributed by atoms with E-state index in [1.165, 1.54) is 44.9 Å². The average molecular weight is 266 g/mol. The van der Waals surface area contributed by atoms with Crippen molar-refractivity contribution in [2.24, 2.45) is 11.8 Å². The molecule has 3 heteroatoms. The second kappa shape index (κ2) is 7.88. The number of carbonyl (C=O) groups excluding carboxylic acids is 1. The van der Waals surface area contributed by atoms with Gasteiger partial charge in [-0.05, 0) is 57.0 Å². The van der Waals surface area contributed by atoms with Crippen molar-refractivity contribution in [1.82, 2.24) is 10.6 Å². The van der Waals surface area contributed by atoms with E-state index in [9.17, 15) is 4.79 Å². The van der Waals surface area contributed by atoms with Gasteiger partial charge in [-0.25, -0.2) is 0 Å². The molecule has 0 aromatic carbocycles. The summed E-state index contributed by atoms with van der Waals surface area (Å²) >= 11 is 0. The molecule has 3 atom stereocenters. The van der Waals surface area contributed by atoms with Gasteiger partial charge in [-0.2, -0.15) is 0 Å². The van der Waals surface area contributed by atoms with E-state index in [0.717, 1.165) is 31.8 Å². The standard InChI is InChI=1S/C16H30N2O/c1-2-13-5-3-7-15(11-13)18-16(19)9-8-14-6-4-10-17-12-14/h13-15,17H,2-12H2,1H3,(H,18,19). The van der Waals surface area contributed by atoms with Crippen molar-refractivity contribution in [3.63, 3.8) is 0 Å². The molecule has 0 aromatic heterocycles. The molecule has 2 fully saturated rings. The molecule has 1 saturated heterocycles. The van der Waals surface area contributed by atoms with Crippen LogP contribution < -0.4 is 10.6 Å². The van der Waals surface area contributed by atoms with Crippen LogP contribution >= 0.6 is 0 Å². The third kappa shape index (κ3) is 5.13. The molecule has 0 bridgehead atoms. The first-order chi connectivity index (χ1) is 9.28. The summed E-state index contributed by atoms with van der Waals surface area (Å²) in [7, 11) is 0. The summed E-state index contributed by atoms with van der Waals surface area (Å²) in [4.78, 5) is 12.0. The maximum Gasteiger partial charge on any atom is 0.220 e. The molecule has 0 spiro atoms. The van der Waals surface area contributed by atoms with Crippen molar-refractivity contribution in [3.05, 3.63) is 0 Å². The van der Waals surface area contributed by atoms with Crippen LogP contribution in [0, 0.1) is 11.8 Å². The fourth-order valence-corrected chi connectivity index (χ4v) is 3.60. The summed E-state index contributed by atoms with van der Waals surface area (Å²) in [6.07, 6.45) is 10.6. The molecule has 1 heterocycles. The smallest absolute Gasteiger partial charge is 0.220 e. The molecule has 3 unspecified atom stereocenters. The molecular formula is C16H30N2O. The molecule has 19 heavy (non-hydrogen) atoms. The maximum atomic E-state index is 12.0. The van der Waals surface area contributed by atoms with Crippen LogP contribution in [0.25, 0.3) is 0 Å². The SMILES string of the molecule is CCC1CCCC(NC(=O)CCC2CCCNC2)C1. The quantitative estimate of drug-likeness (QED) is 0.803. The molecule has 0 aromatic rings. The third-order valence-electron chi connectivity index (χ3n) is 4.90. The number of piperidine rings is 1. The highest BCUT2D eigenvalue weighted by atomic mass is 16.1. The van der Waals surface area contributed by atoms with Gasteiger partial charge >= 0.3 is 0 Å². The zero-order valence-electron chi connectivity index (χ0n) is 12.4. The number of amides is 1. The number of nitrogens with one attached hydrogen (secondary N) is 2. The molecule has 1 aliphatic carbocycles. The molecule has 1 aliphatic heterocycles. The van der Waals surface area contributed by atoms with Crippen LogP contribution in [-0.2, 0) is 4.79 Å². The summed E-state index contributed by atoms with van der Waals surface area (Å²) in [5.74, 6) is 1.84. The number of hydrogen-bond acceptors (Lipinski definition) is 2. The Morgan fingerprint density at radius 2 is 2.05 bits per heavy atom. The second-order valence-corrected chi connectivity index (χ2v) is 6.46. The molecular weight excluding hydrogens is 236 g/mol. The van der Waals surface area contributed by atoms with E-state index in [0.29, 0.717) is 12.0 Å². The lowest BCUT2D eigenvalue weighted by Crippen LogP contribution is -2.38. The zero-order chi connectivity index (χ0) is 13.5. The van der Waals surface area contributed by atoms with E-state index >= 15 is 0 Å². The minimum atomic E-state index is 0.285. The molecule has 3 nitrogen and oxygen atoms in total. The Morgan fingerprint density at radius 1 is 1.21 bits per heavy atom. The summed E-state index contributed by atoms with van der Waals surface area (Å²) < 4.78 is 0. The highest BCUT2D eigenvalue weighted by molar-refractivity contribution is 5.76. The Labute approximate surface area is 117 Å². The second-order valence-electron chi connectivity index (χ2n) is 6.46. The number of rotatable bonds is 5. The van der Waals surface area contributed by atoms with Gasteiger partial charge in [0.1, 0.15) is 0 Å². The summed E-state index contributed by atoms with van der Waals surface area (Å²) in [6, 6.07) is 0.454. The van der Waals surface area contributed by atoms with Gasteiger partial charge in [-0.15, -0.1) is 0 Å². The topological polar surface area (TPSA) is 41.1 Å². The predicted octanol–water partition coefficient (Wildman–Crippen LogP) is 2.85. The Kier molecular flexibility index (Phi) is 6.15. The molecule has 1 saturated carbocycles.